The number of rotatable bonds is 0. The fraction of sp³-hybridized carbons (Fsp3) is 0. The Hall–Kier alpha value is 5.68. The number of hydrogen-bond donors (Lipinski definition) is 0. The van der Waals surface area contributed by atoms with E-state index in [0.29, 0.717) is 0 Å². The second kappa shape index (κ2) is 85.2. The van der Waals surface area contributed by atoms with Crippen LogP contribution in [0, 0.1) is 0 Å². The fourth-order valence-electron chi connectivity index (χ4n) is 0. The SMILES string of the molecule is [Al-3].[Al-3].[Al-3].[Al-3].[Ni].[Ni].[Ni].[Pt+4].[Pt+4].[Pt+4]. The van der Waals surface area contributed by atoms with Crippen molar-refractivity contribution in [1.82, 2.24) is 0 Å². The molecule has 0 aromatic rings. The second-order valence-corrected chi connectivity index (χ2v) is 0. The summed E-state index contributed by atoms with van der Waals surface area (Å²) in [5.41, 5.74) is 0. The molecular weight excluding hydrogens is 869 g/mol. The minimum atomic E-state index is 0. The topological polar surface area (TPSA) is 0 Å². The molecule has 72 valence electrons. The Kier molecular flexibility index (Phi) is 893. The first-order valence-electron chi connectivity index (χ1n) is 0. The van der Waals surface area contributed by atoms with Gasteiger partial charge in [0, 0.05) is 49.5 Å². The van der Waals surface area contributed by atoms with Gasteiger partial charge in [-0.1, -0.05) is 0 Å². The van der Waals surface area contributed by atoms with Crippen LogP contribution < -0.4 is 0 Å². The van der Waals surface area contributed by atoms with Crippen molar-refractivity contribution in [1.29, 1.82) is 0 Å². The molecule has 0 saturated heterocycles. The third kappa shape index (κ3) is 68.2. The van der Waals surface area contributed by atoms with Gasteiger partial charge in [-0.3, -0.25) is 0 Å². The van der Waals surface area contributed by atoms with Crippen molar-refractivity contribution < 1.29 is 113 Å². The molecule has 0 nitrogen and oxygen atoms in total. The van der Waals surface area contributed by atoms with Crippen LogP contribution in [0.1, 0.15) is 0 Å². The molecule has 8 radical (unpaired) electrons. The van der Waals surface area contributed by atoms with Crippen LogP contribution in [-0.4, -0.2) is 69.4 Å². The van der Waals surface area contributed by atoms with Crippen LogP contribution in [0.5, 0.6) is 0 Å². The molecule has 0 amide bonds. The van der Waals surface area contributed by atoms with E-state index in [1.54, 1.807) is 0 Å². The average molecular weight is 869 g/mol. The fourth-order valence-corrected chi connectivity index (χ4v) is 0. The Balaban J connectivity index is 0. The van der Waals surface area contributed by atoms with E-state index < -0.39 is 0 Å². The maximum Gasteiger partial charge on any atom is 4.00 e. The van der Waals surface area contributed by atoms with Gasteiger partial charge in [-0.25, -0.2) is 0 Å². The van der Waals surface area contributed by atoms with E-state index in [1.165, 1.54) is 0 Å². The van der Waals surface area contributed by atoms with Crippen LogP contribution >= 0.6 is 0 Å². The molecule has 0 aromatic heterocycles. The van der Waals surface area contributed by atoms with Crippen molar-refractivity contribution in [3.8, 4) is 0 Å². The molecule has 0 aliphatic rings. The Morgan fingerprint density at radius 2 is 0.300 bits per heavy atom. The molecule has 0 spiro atoms. The number of hydrogen-bond acceptors (Lipinski definition) is 0. The van der Waals surface area contributed by atoms with Gasteiger partial charge in [-0.15, -0.1) is 0 Å². The van der Waals surface area contributed by atoms with Gasteiger partial charge in [0.25, 0.3) is 0 Å². The molecular formula is Al4Ni3Pt3. The first kappa shape index (κ1) is 105. The van der Waals surface area contributed by atoms with Gasteiger partial charge < -0.3 is 69.4 Å². The summed E-state index contributed by atoms with van der Waals surface area (Å²) in [4.78, 5) is 0. The van der Waals surface area contributed by atoms with Gasteiger partial charge in [0.15, 0.2) is 0 Å². The average Bonchev–Trinajstić information content (AvgIpc) is 0. The van der Waals surface area contributed by atoms with E-state index in [-0.39, 0.29) is 182 Å². The Bertz CT molecular complexity index is 15.7. The largest absolute Gasteiger partial charge is 4.00 e. The summed E-state index contributed by atoms with van der Waals surface area (Å²) >= 11 is 0. The molecule has 0 heterocycles. The van der Waals surface area contributed by atoms with Crippen molar-refractivity contribution >= 4 is 69.4 Å². The summed E-state index contributed by atoms with van der Waals surface area (Å²) in [5, 5.41) is 0. The van der Waals surface area contributed by atoms with E-state index in [9.17, 15) is 0 Å². The summed E-state index contributed by atoms with van der Waals surface area (Å²) < 4.78 is 0. The van der Waals surface area contributed by atoms with Gasteiger partial charge >= 0.3 is 63.2 Å². The third-order valence-corrected chi connectivity index (χ3v) is 0. The normalized spacial score (nSPS) is 0. The van der Waals surface area contributed by atoms with Crippen LogP contribution in [0.2, 0.25) is 0 Å². The zero-order valence-corrected chi connectivity index (χ0v) is 18.6. The van der Waals surface area contributed by atoms with E-state index in [4.69, 9.17) is 0 Å². The van der Waals surface area contributed by atoms with E-state index in [1.807, 2.05) is 0 Å². The van der Waals surface area contributed by atoms with Crippen molar-refractivity contribution in [2.24, 2.45) is 0 Å². The minimum Gasteiger partial charge on any atom is -3.00 e. The predicted octanol–water partition coefficient (Wildman–Crippen LogP) is -1.54. The van der Waals surface area contributed by atoms with Crippen LogP contribution in [0.15, 0.2) is 0 Å². The van der Waals surface area contributed by atoms with Gasteiger partial charge in [0.1, 0.15) is 0 Å². The quantitative estimate of drug-likeness (QED) is 0.260. The zero-order chi connectivity index (χ0) is 0. The van der Waals surface area contributed by atoms with Gasteiger partial charge in [-0.2, -0.15) is 0 Å². The zero-order valence-electron chi connectivity index (χ0n) is 4.21. The van der Waals surface area contributed by atoms with Crippen molar-refractivity contribution in [3.05, 3.63) is 0 Å². The van der Waals surface area contributed by atoms with Crippen LogP contribution in [0.25, 0.3) is 0 Å². The smallest absolute Gasteiger partial charge is 3.00 e. The molecule has 10 heavy (non-hydrogen) atoms. The molecule has 0 atom stereocenters. The molecule has 10 heteroatoms. The minimum absolute atomic E-state index is 0. The maximum absolute atomic E-state index is 0. The molecule has 0 saturated carbocycles. The first-order valence-corrected chi connectivity index (χ1v) is 0. The third-order valence-electron chi connectivity index (χ3n) is 0. The standard InChI is InChI=1S/4Al.3Ni.3Pt/q4*-3;;;;3*+4. The summed E-state index contributed by atoms with van der Waals surface area (Å²) in [5.74, 6) is 0. The van der Waals surface area contributed by atoms with E-state index in [0.717, 1.165) is 0 Å². The van der Waals surface area contributed by atoms with Crippen molar-refractivity contribution in [2.45, 2.75) is 0 Å². The Morgan fingerprint density at radius 3 is 0.300 bits per heavy atom. The molecule has 0 unspecified atom stereocenters. The summed E-state index contributed by atoms with van der Waals surface area (Å²) in [6.07, 6.45) is 0. The molecule has 0 fully saturated rings. The van der Waals surface area contributed by atoms with Crippen LogP contribution in [-0.2, 0) is 113 Å². The summed E-state index contributed by atoms with van der Waals surface area (Å²) in [6.45, 7) is 0. The van der Waals surface area contributed by atoms with Crippen molar-refractivity contribution in [3.63, 3.8) is 0 Å². The monoisotopic (exact) mass is 867 g/mol. The van der Waals surface area contributed by atoms with Gasteiger partial charge in [0.2, 0.25) is 0 Å². The molecule has 0 aliphatic heterocycles. The molecule has 0 N–H and O–H groups in total. The molecule has 0 aromatic carbocycles. The Morgan fingerprint density at radius 1 is 0.300 bits per heavy atom. The first-order chi connectivity index (χ1) is 0. The summed E-state index contributed by atoms with van der Waals surface area (Å²) in [6, 6.07) is 0. The van der Waals surface area contributed by atoms with E-state index >= 15 is 0 Å². The van der Waals surface area contributed by atoms with Crippen LogP contribution in [0.4, 0.5) is 0 Å². The molecule has 0 bridgehead atoms. The van der Waals surface area contributed by atoms with Crippen LogP contribution in [0.3, 0.4) is 0 Å². The van der Waals surface area contributed by atoms with Crippen molar-refractivity contribution in [2.75, 3.05) is 0 Å². The predicted molar refractivity (Wildman–Crippen MR) is 23.0 cm³/mol. The molecule has 0 aliphatic carbocycles. The van der Waals surface area contributed by atoms with Gasteiger partial charge in [-0.05, 0) is 0 Å². The van der Waals surface area contributed by atoms with Gasteiger partial charge in [0.05, 0.1) is 0 Å². The maximum atomic E-state index is 0. The second-order valence-electron chi connectivity index (χ2n) is 0. The summed E-state index contributed by atoms with van der Waals surface area (Å²) in [7, 11) is 0. The molecule has 0 rings (SSSR count). The Labute approximate surface area is 178 Å². The van der Waals surface area contributed by atoms with E-state index in [2.05, 4.69) is 0 Å².